The largest absolute Gasteiger partial charge is 0.310 e. The Morgan fingerprint density at radius 2 is 2.11 bits per heavy atom. The number of hydrogen-bond acceptors (Lipinski definition) is 7. The van der Waals surface area contributed by atoms with Crippen LogP contribution in [0.4, 0.5) is 5.82 Å². The second-order valence-electron chi connectivity index (χ2n) is 6.20. The first kappa shape index (κ1) is 17.9. The van der Waals surface area contributed by atoms with Gasteiger partial charge in [0.25, 0.3) is 0 Å². The Morgan fingerprint density at radius 3 is 2.79 bits per heavy atom. The van der Waals surface area contributed by atoms with Crippen LogP contribution in [0.1, 0.15) is 17.0 Å². The van der Waals surface area contributed by atoms with E-state index in [1.807, 2.05) is 31.4 Å². The third kappa shape index (κ3) is 3.94. The van der Waals surface area contributed by atoms with Crippen molar-refractivity contribution in [3.8, 4) is 16.6 Å². The number of amides is 1. The number of pyridine rings is 1. The highest BCUT2D eigenvalue weighted by atomic mass is 32.1. The Morgan fingerprint density at radius 1 is 1.21 bits per heavy atom. The maximum absolute atomic E-state index is 12.5. The van der Waals surface area contributed by atoms with Crippen LogP contribution in [0.5, 0.6) is 0 Å². The summed E-state index contributed by atoms with van der Waals surface area (Å²) in [5.41, 5.74) is 2.65. The average molecular weight is 391 g/mol. The third-order valence-electron chi connectivity index (χ3n) is 3.92. The molecule has 0 radical (unpaired) electrons. The van der Waals surface area contributed by atoms with Crippen LogP contribution in [-0.4, -0.2) is 35.6 Å². The number of thiazole rings is 1. The highest BCUT2D eigenvalue weighted by molar-refractivity contribution is 7.13. The molecular weight excluding hydrogens is 374 g/mol. The maximum atomic E-state index is 12.5. The van der Waals surface area contributed by atoms with Gasteiger partial charge in [-0.15, -0.1) is 11.3 Å². The summed E-state index contributed by atoms with van der Waals surface area (Å²) >= 11 is 1.43. The second-order valence-corrected chi connectivity index (χ2v) is 7.09. The predicted molar refractivity (Wildman–Crippen MR) is 106 cm³/mol. The highest BCUT2D eigenvalue weighted by Gasteiger charge is 2.14. The number of anilines is 1. The predicted octanol–water partition coefficient (Wildman–Crippen LogP) is 2.98. The van der Waals surface area contributed by atoms with Gasteiger partial charge in [-0.1, -0.05) is 6.07 Å². The first-order valence-electron chi connectivity index (χ1n) is 8.60. The average Bonchev–Trinajstić information content (AvgIpc) is 3.32. The zero-order valence-corrected chi connectivity index (χ0v) is 16.1. The molecule has 1 N–H and O–H groups in total. The number of carbonyl (C=O) groups is 1. The Kier molecular flexibility index (Phi) is 4.90. The van der Waals surface area contributed by atoms with Crippen molar-refractivity contribution in [1.82, 2.24) is 29.7 Å². The van der Waals surface area contributed by atoms with Gasteiger partial charge in [0.1, 0.15) is 5.82 Å². The Hall–Kier alpha value is -3.46. The number of aromatic nitrogens is 6. The molecule has 4 aromatic heterocycles. The van der Waals surface area contributed by atoms with E-state index in [0.29, 0.717) is 22.5 Å². The molecule has 1 amide bonds. The van der Waals surface area contributed by atoms with Crippen LogP contribution in [0, 0.1) is 13.8 Å². The molecule has 0 aliphatic heterocycles. The quantitative estimate of drug-likeness (QED) is 0.562. The normalized spacial score (nSPS) is 10.8. The van der Waals surface area contributed by atoms with Gasteiger partial charge >= 0.3 is 0 Å². The molecule has 0 saturated heterocycles. The van der Waals surface area contributed by atoms with Crippen molar-refractivity contribution in [2.75, 3.05) is 5.32 Å². The van der Waals surface area contributed by atoms with Crippen molar-refractivity contribution < 1.29 is 4.79 Å². The van der Waals surface area contributed by atoms with E-state index in [2.05, 4.69) is 30.4 Å². The fourth-order valence-corrected chi connectivity index (χ4v) is 3.34. The smallest absolute Gasteiger partial charge is 0.230 e. The minimum atomic E-state index is -0.184. The summed E-state index contributed by atoms with van der Waals surface area (Å²) in [7, 11) is 0. The molecule has 28 heavy (non-hydrogen) atoms. The van der Waals surface area contributed by atoms with E-state index < -0.39 is 0 Å². The molecule has 0 aliphatic carbocycles. The van der Waals surface area contributed by atoms with Gasteiger partial charge < -0.3 is 5.32 Å². The summed E-state index contributed by atoms with van der Waals surface area (Å²) in [6, 6.07) is 7.33. The minimum absolute atomic E-state index is 0.184. The van der Waals surface area contributed by atoms with Gasteiger partial charge in [-0.05, 0) is 31.5 Å². The fraction of sp³-hybridized carbons (Fsp3) is 0.158. The summed E-state index contributed by atoms with van der Waals surface area (Å²) in [6.45, 7) is 3.87. The molecule has 0 spiro atoms. The molecule has 9 heteroatoms. The summed E-state index contributed by atoms with van der Waals surface area (Å²) < 4.78 is 1.73. The molecule has 0 saturated carbocycles. The zero-order chi connectivity index (χ0) is 19.5. The summed E-state index contributed by atoms with van der Waals surface area (Å²) in [4.78, 5) is 29.8. The number of aryl methyl sites for hydroxylation is 2. The molecule has 140 valence electrons. The summed E-state index contributed by atoms with van der Waals surface area (Å²) in [5, 5.41) is 9.86. The molecule has 0 atom stereocenters. The first-order chi connectivity index (χ1) is 13.6. The number of hydrogen-bond donors (Lipinski definition) is 1. The standard InChI is InChI=1S/C19H17N7OS/c1-12-8-13(2)26(25-12)16-10-15(23-18(24-16)19-21-6-7-28-19)22-17(27)9-14-4-3-5-20-11-14/h3-8,10-11H,9H2,1-2H3,(H,22,23,24,27). The molecule has 0 aromatic carbocycles. The van der Waals surface area contributed by atoms with Gasteiger partial charge in [0.2, 0.25) is 5.91 Å². The molecule has 0 unspecified atom stereocenters. The van der Waals surface area contributed by atoms with Crippen LogP contribution in [-0.2, 0) is 11.2 Å². The van der Waals surface area contributed by atoms with Crippen molar-refractivity contribution in [3.63, 3.8) is 0 Å². The van der Waals surface area contributed by atoms with Crippen molar-refractivity contribution >= 4 is 23.1 Å². The molecule has 4 aromatic rings. The maximum Gasteiger partial charge on any atom is 0.230 e. The van der Waals surface area contributed by atoms with Gasteiger partial charge in [-0.3, -0.25) is 9.78 Å². The van der Waals surface area contributed by atoms with Crippen LogP contribution >= 0.6 is 11.3 Å². The van der Waals surface area contributed by atoms with Crippen molar-refractivity contribution in [3.05, 3.63) is 65.2 Å². The molecule has 0 fully saturated rings. The minimum Gasteiger partial charge on any atom is -0.310 e. The van der Waals surface area contributed by atoms with E-state index >= 15 is 0 Å². The summed E-state index contributed by atoms with van der Waals surface area (Å²) in [5.74, 6) is 1.23. The Balaban J connectivity index is 1.68. The number of carbonyl (C=O) groups excluding carboxylic acids is 1. The van der Waals surface area contributed by atoms with Gasteiger partial charge in [0.05, 0.1) is 12.1 Å². The molecule has 4 rings (SSSR count). The zero-order valence-electron chi connectivity index (χ0n) is 15.3. The van der Waals surface area contributed by atoms with Crippen LogP contribution in [0.25, 0.3) is 16.6 Å². The first-order valence-corrected chi connectivity index (χ1v) is 9.48. The third-order valence-corrected chi connectivity index (χ3v) is 4.69. The van der Waals surface area contributed by atoms with Gasteiger partial charge in [-0.2, -0.15) is 5.10 Å². The second kappa shape index (κ2) is 7.65. The van der Waals surface area contributed by atoms with Gasteiger partial charge in [0, 0.05) is 35.7 Å². The summed E-state index contributed by atoms with van der Waals surface area (Å²) in [6.07, 6.45) is 5.24. The SMILES string of the molecule is Cc1cc(C)n(-c2cc(NC(=O)Cc3cccnc3)nc(-c3nccs3)n2)n1. The van der Waals surface area contributed by atoms with E-state index in [1.165, 1.54) is 11.3 Å². The van der Waals surface area contributed by atoms with Crippen LogP contribution < -0.4 is 5.32 Å². The van der Waals surface area contributed by atoms with Gasteiger partial charge in [0.15, 0.2) is 16.6 Å². The van der Waals surface area contributed by atoms with E-state index in [4.69, 9.17) is 0 Å². The molecule has 4 heterocycles. The Labute approximate surface area is 165 Å². The lowest BCUT2D eigenvalue weighted by Gasteiger charge is -2.09. The highest BCUT2D eigenvalue weighted by Crippen LogP contribution is 2.22. The van der Waals surface area contributed by atoms with Gasteiger partial charge in [-0.25, -0.2) is 19.6 Å². The number of rotatable bonds is 5. The number of nitrogens with zero attached hydrogens (tertiary/aromatic N) is 6. The molecular formula is C19H17N7OS. The monoisotopic (exact) mass is 391 g/mol. The van der Waals surface area contributed by atoms with Crippen molar-refractivity contribution in [1.29, 1.82) is 0 Å². The lowest BCUT2D eigenvalue weighted by atomic mass is 10.2. The lowest BCUT2D eigenvalue weighted by molar-refractivity contribution is -0.115. The van der Waals surface area contributed by atoms with E-state index in [9.17, 15) is 4.79 Å². The van der Waals surface area contributed by atoms with Crippen LogP contribution in [0.15, 0.2) is 48.2 Å². The van der Waals surface area contributed by atoms with E-state index in [-0.39, 0.29) is 12.3 Å². The molecule has 0 aliphatic rings. The van der Waals surface area contributed by atoms with E-state index in [1.54, 1.807) is 35.4 Å². The van der Waals surface area contributed by atoms with Crippen LogP contribution in [0.3, 0.4) is 0 Å². The van der Waals surface area contributed by atoms with Crippen molar-refractivity contribution in [2.24, 2.45) is 0 Å². The van der Waals surface area contributed by atoms with E-state index in [0.717, 1.165) is 17.0 Å². The van der Waals surface area contributed by atoms with Crippen molar-refractivity contribution in [2.45, 2.75) is 20.3 Å². The fourth-order valence-electron chi connectivity index (χ4n) is 2.77. The van der Waals surface area contributed by atoms with Crippen LogP contribution in [0.2, 0.25) is 0 Å². The molecule has 8 nitrogen and oxygen atoms in total. The molecule has 0 bridgehead atoms. The Bertz CT molecular complexity index is 1110. The number of nitrogens with one attached hydrogen (secondary N) is 1. The lowest BCUT2D eigenvalue weighted by Crippen LogP contribution is -2.16. The topological polar surface area (TPSA) is 98.5 Å².